The maximum atomic E-state index is 14.5. The molecule has 45 heavy (non-hydrogen) atoms. The number of amides is 2. The third-order valence-electron chi connectivity index (χ3n) is 8.39. The van der Waals surface area contributed by atoms with Gasteiger partial charge in [-0.2, -0.15) is 0 Å². The van der Waals surface area contributed by atoms with Gasteiger partial charge in [0, 0.05) is 42.9 Å². The Hall–Kier alpha value is -3.82. The average Bonchev–Trinajstić information content (AvgIpc) is 3.01. The van der Waals surface area contributed by atoms with Crippen molar-refractivity contribution in [3.63, 3.8) is 0 Å². The largest absolute Gasteiger partial charge is 0.497 e. The number of ether oxygens (including phenoxy) is 1. The van der Waals surface area contributed by atoms with Crippen LogP contribution in [0.15, 0.2) is 54.6 Å². The second kappa shape index (κ2) is 15.5. The van der Waals surface area contributed by atoms with Gasteiger partial charge in [0.2, 0.25) is 0 Å². The van der Waals surface area contributed by atoms with Crippen LogP contribution in [0.3, 0.4) is 0 Å². The van der Waals surface area contributed by atoms with Crippen LogP contribution in [0.2, 0.25) is 0 Å². The highest BCUT2D eigenvalue weighted by Crippen LogP contribution is 2.37. The fourth-order valence-electron chi connectivity index (χ4n) is 6.27. The van der Waals surface area contributed by atoms with E-state index in [0.29, 0.717) is 36.2 Å². The normalized spacial score (nSPS) is 15.6. The van der Waals surface area contributed by atoms with Crippen LogP contribution < -0.4 is 10.5 Å². The first-order chi connectivity index (χ1) is 21.5. The zero-order valence-electron chi connectivity index (χ0n) is 26.7. The first-order valence-electron chi connectivity index (χ1n) is 15.8. The van der Waals surface area contributed by atoms with Crippen molar-refractivity contribution in [1.29, 1.82) is 0 Å². The lowest BCUT2D eigenvalue weighted by molar-refractivity contribution is 0.0430. The van der Waals surface area contributed by atoms with Crippen molar-refractivity contribution >= 4 is 11.8 Å². The van der Waals surface area contributed by atoms with E-state index in [1.165, 1.54) is 12.1 Å². The molecule has 0 radical (unpaired) electrons. The van der Waals surface area contributed by atoms with E-state index >= 15 is 0 Å². The number of carbonyl (C=O) groups excluding carboxylic acids is 2. The second-order valence-corrected chi connectivity index (χ2v) is 12.0. The molecule has 0 bridgehead atoms. The van der Waals surface area contributed by atoms with Gasteiger partial charge in [-0.15, -0.1) is 0 Å². The van der Waals surface area contributed by atoms with Gasteiger partial charge in [-0.25, -0.2) is 8.78 Å². The van der Waals surface area contributed by atoms with Crippen molar-refractivity contribution in [2.75, 3.05) is 26.7 Å². The Morgan fingerprint density at radius 2 is 1.62 bits per heavy atom. The fraction of sp³-hybridized carbons (Fsp3) is 0.444. The number of benzene rings is 3. The van der Waals surface area contributed by atoms with Gasteiger partial charge in [-0.05, 0) is 110 Å². The standard InChI is InChI=1S/C36H45F2N3O4/c1-5-12-40(13-6-2)35(43)26-14-23(3)15-27(19-26)36(44)41(33-9-7-8-25-20-30(45-4)10-11-31(25)33)22-34(42)32(39)18-24-16-28(37)21-29(38)17-24/h10-11,14-17,19-21,32-34,42H,5-9,12-13,18,22,39H2,1-4H3/t32-,33?,34+/m0/s1. The molecule has 0 spiro atoms. The molecule has 3 aromatic rings. The van der Waals surface area contributed by atoms with Gasteiger partial charge >= 0.3 is 0 Å². The van der Waals surface area contributed by atoms with Crippen LogP contribution in [-0.4, -0.2) is 65.6 Å². The molecule has 0 saturated carbocycles. The van der Waals surface area contributed by atoms with E-state index in [-0.39, 0.29) is 30.8 Å². The number of aliphatic hydroxyl groups is 1. The number of aliphatic hydroxyl groups excluding tert-OH is 1. The summed E-state index contributed by atoms with van der Waals surface area (Å²) in [6.45, 7) is 7.04. The third-order valence-corrected chi connectivity index (χ3v) is 8.39. The molecule has 7 nitrogen and oxygen atoms in total. The van der Waals surface area contributed by atoms with Crippen LogP contribution in [-0.2, 0) is 12.8 Å². The maximum Gasteiger partial charge on any atom is 0.254 e. The Morgan fingerprint density at radius 3 is 2.24 bits per heavy atom. The molecule has 0 saturated heterocycles. The van der Waals surface area contributed by atoms with Crippen molar-refractivity contribution in [1.82, 2.24) is 9.80 Å². The molecule has 3 atom stereocenters. The minimum atomic E-state index is -1.19. The van der Waals surface area contributed by atoms with E-state index in [1.807, 2.05) is 43.9 Å². The molecular weight excluding hydrogens is 576 g/mol. The highest BCUT2D eigenvalue weighted by atomic mass is 19.1. The van der Waals surface area contributed by atoms with Gasteiger partial charge in [0.05, 0.1) is 19.3 Å². The monoisotopic (exact) mass is 621 g/mol. The van der Waals surface area contributed by atoms with E-state index in [2.05, 4.69) is 0 Å². The predicted octanol–water partition coefficient (Wildman–Crippen LogP) is 5.99. The first-order valence-corrected chi connectivity index (χ1v) is 15.8. The van der Waals surface area contributed by atoms with E-state index in [9.17, 15) is 23.5 Å². The molecule has 3 N–H and O–H groups in total. The first kappa shape index (κ1) is 34.1. The molecule has 242 valence electrons. The van der Waals surface area contributed by atoms with Crippen LogP contribution in [0.25, 0.3) is 0 Å². The topological polar surface area (TPSA) is 96.1 Å². The zero-order valence-corrected chi connectivity index (χ0v) is 26.7. The lowest BCUT2D eigenvalue weighted by atomic mass is 9.85. The van der Waals surface area contributed by atoms with E-state index in [0.717, 1.165) is 54.2 Å². The zero-order chi connectivity index (χ0) is 32.7. The van der Waals surface area contributed by atoms with Gasteiger partial charge < -0.3 is 25.4 Å². The number of aryl methyl sites for hydroxylation is 2. The van der Waals surface area contributed by atoms with Crippen molar-refractivity contribution < 1.29 is 28.2 Å². The molecule has 0 heterocycles. The molecule has 3 aromatic carbocycles. The Kier molecular flexibility index (Phi) is 11.7. The minimum absolute atomic E-state index is 0.0180. The summed E-state index contributed by atoms with van der Waals surface area (Å²) in [5.41, 5.74) is 10.3. The number of halogens is 2. The molecule has 4 rings (SSSR count). The highest BCUT2D eigenvalue weighted by molar-refractivity contribution is 6.00. The fourth-order valence-corrected chi connectivity index (χ4v) is 6.27. The highest BCUT2D eigenvalue weighted by Gasteiger charge is 2.33. The quantitative estimate of drug-likeness (QED) is 0.244. The van der Waals surface area contributed by atoms with Gasteiger partial charge in [0.15, 0.2) is 0 Å². The van der Waals surface area contributed by atoms with Gasteiger partial charge in [-0.1, -0.05) is 19.9 Å². The van der Waals surface area contributed by atoms with Crippen molar-refractivity contribution in [2.45, 2.75) is 77.5 Å². The molecule has 1 unspecified atom stereocenters. The van der Waals surface area contributed by atoms with Gasteiger partial charge in [0.25, 0.3) is 11.8 Å². The molecule has 1 aliphatic carbocycles. The third kappa shape index (κ3) is 8.47. The average molecular weight is 622 g/mol. The summed E-state index contributed by atoms with van der Waals surface area (Å²) in [5.74, 6) is -1.18. The summed E-state index contributed by atoms with van der Waals surface area (Å²) in [4.78, 5) is 31.4. The number of rotatable bonds is 13. The SMILES string of the molecule is CCCN(CCC)C(=O)c1cc(C)cc(C(=O)N(C[C@@H](O)[C@@H](N)Cc2cc(F)cc(F)c2)C2CCCc3cc(OC)ccc32)c1. The Morgan fingerprint density at radius 1 is 0.978 bits per heavy atom. The minimum Gasteiger partial charge on any atom is -0.497 e. The van der Waals surface area contributed by atoms with Crippen LogP contribution in [0, 0.1) is 18.6 Å². The van der Waals surface area contributed by atoms with Crippen molar-refractivity contribution in [3.8, 4) is 5.75 Å². The maximum absolute atomic E-state index is 14.5. The van der Waals surface area contributed by atoms with Crippen LogP contribution in [0.1, 0.15) is 88.5 Å². The summed E-state index contributed by atoms with van der Waals surface area (Å²) in [6, 6.07) is 12.9. The Bertz CT molecular complexity index is 1470. The smallest absolute Gasteiger partial charge is 0.254 e. The molecular formula is C36H45F2N3O4. The number of carbonyl (C=O) groups is 2. The van der Waals surface area contributed by atoms with Crippen LogP contribution in [0.5, 0.6) is 5.75 Å². The van der Waals surface area contributed by atoms with E-state index in [4.69, 9.17) is 10.5 Å². The number of nitrogens with two attached hydrogens (primary N) is 1. The Balaban J connectivity index is 1.70. The lowest BCUT2D eigenvalue weighted by Crippen LogP contribution is -2.48. The van der Waals surface area contributed by atoms with Gasteiger partial charge in [-0.3, -0.25) is 9.59 Å². The second-order valence-electron chi connectivity index (χ2n) is 12.0. The Labute approximate surface area is 265 Å². The summed E-state index contributed by atoms with van der Waals surface area (Å²) < 4.78 is 33.1. The summed E-state index contributed by atoms with van der Waals surface area (Å²) in [6.07, 6.45) is 2.78. The number of hydrogen-bond donors (Lipinski definition) is 2. The summed E-state index contributed by atoms with van der Waals surface area (Å²) >= 11 is 0. The molecule has 0 aliphatic heterocycles. The summed E-state index contributed by atoms with van der Waals surface area (Å²) in [7, 11) is 1.61. The molecule has 1 aliphatic rings. The van der Waals surface area contributed by atoms with Gasteiger partial charge in [0.1, 0.15) is 17.4 Å². The van der Waals surface area contributed by atoms with E-state index < -0.39 is 23.8 Å². The molecule has 0 aromatic heterocycles. The van der Waals surface area contributed by atoms with Crippen LogP contribution >= 0.6 is 0 Å². The lowest BCUT2D eigenvalue weighted by Gasteiger charge is -2.38. The predicted molar refractivity (Wildman–Crippen MR) is 171 cm³/mol. The van der Waals surface area contributed by atoms with Crippen molar-refractivity contribution in [2.24, 2.45) is 5.73 Å². The molecule has 9 heteroatoms. The number of nitrogens with zero attached hydrogens (tertiary/aromatic N) is 2. The molecule has 0 fully saturated rings. The number of hydrogen-bond acceptors (Lipinski definition) is 5. The van der Waals surface area contributed by atoms with E-state index in [1.54, 1.807) is 30.2 Å². The van der Waals surface area contributed by atoms with Crippen molar-refractivity contribution in [3.05, 3.63) is 99.6 Å². The number of fused-ring (bicyclic) bond motifs is 1. The molecule has 2 amide bonds. The number of methoxy groups -OCH3 is 1. The van der Waals surface area contributed by atoms with Crippen LogP contribution in [0.4, 0.5) is 8.78 Å². The summed E-state index contributed by atoms with van der Waals surface area (Å²) in [5, 5.41) is 11.3.